The molecule has 7 nitrogen and oxygen atoms in total. The summed E-state index contributed by atoms with van der Waals surface area (Å²) < 4.78 is 22.2. The van der Waals surface area contributed by atoms with Crippen LogP contribution < -0.4 is 10.1 Å². The number of hydrogen-bond donors (Lipinski definition) is 1. The van der Waals surface area contributed by atoms with E-state index in [1.165, 1.54) is 12.1 Å². The average molecular weight is 398 g/mol. The minimum absolute atomic E-state index is 0.318. The van der Waals surface area contributed by atoms with E-state index in [4.69, 9.17) is 4.74 Å². The summed E-state index contributed by atoms with van der Waals surface area (Å²) in [7, 11) is 0. The van der Waals surface area contributed by atoms with Crippen molar-refractivity contribution in [2.45, 2.75) is 12.1 Å². The maximum absolute atomic E-state index is 14.1. The normalized spacial score (nSPS) is 19.2. The minimum Gasteiger partial charge on any atom is -0.480 e. The van der Waals surface area contributed by atoms with Gasteiger partial charge < -0.3 is 10.1 Å². The Balaban J connectivity index is 1.64. The summed E-state index contributed by atoms with van der Waals surface area (Å²) in [6, 6.07) is 17.7. The number of tetrazole rings is 1. The Bertz CT molecular complexity index is 1290. The summed E-state index contributed by atoms with van der Waals surface area (Å²) in [4.78, 5) is 4.29. The smallest absolute Gasteiger partial charge is 0.248 e. The molecule has 2 aliphatic rings. The van der Waals surface area contributed by atoms with Crippen molar-refractivity contribution in [1.82, 2.24) is 25.2 Å². The number of aromatic nitrogens is 5. The summed E-state index contributed by atoms with van der Waals surface area (Å²) in [6.07, 6.45) is 2.98. The van der Waals surface area contributed by atoms with Gasteiger partial charge in [-0.3, -0.25) is 4.98 Å². The number of halogens is 1. The van der Waals surface area contributed by atoms with E-state index in [2.05, 4.69) is 25.8 Å². The largest absolute Gasteiger partial charge is 0.480 e. The fraction of sp³-hybridized carbons (Fsp3) is 0.0909. The Labute approximate surface area is 170 Å². The maximum atomic E-state index is 14.1. The van der Waals surface area contributed by atoms with Gasteiger partial charge in [-0.2, -0.15) is 4.68 Å². The van der Waals surface area contributed by atoms with Crippen LogP contribution in [0, 0.1) is 5.82 Å². The Kier molecular flexibility index (Phi) is 3.64. The molecule has 0 spiro atoms. The molecule has 2 atom stereocenters. The highest BCUT2D eigenvalue weighted by atomic mass is 19.1. The third-order valence-electron chi connectivity index (χ3n) is 5.39. The molecule has 0 fully saturated rings. The van der Waals surface area contributed by atoms with Crippen LogP contribution in [0.3, 0.4) is 0 Å². The van der Waals surface area contributed by atoms with E-state index in [-0.39, 0.29) is 11.9 Å². The molecule has 0 amide bonds. The molecule has 6 rings (SSSR count). The van der Waals surface area contributed by atoms with Crippen molar-refractivity contribution < 1.29 is 9.13 Å². The molecule has 0 saturated carbocycles. The van der Waals surface area contributed by atoms with Crippen LogP contribution in [0.25, 0.3) is 5.70 Å². The predicted octanol–water partition coefficient (Wildman–Crippen LogP) is 3.77. The summed E-state index contributed by atoms with van der Waals surface area (Å²) >= 11 is 0. The fourth-order valence-corrected chi connectivity index (χ4v) is 4.14. The lowest BCUT2D eigenvalue weighted by Crippen LogP contribution is -2.32. The number of rotatable bonds is 2. The van der Waals surface area contributed by atoms with Crippen LogP contribution in [0.5, 0.6) is 5.75 Å². The van der Waals surface area contributed by atoms with Crippen molar-refractivity contribution in [2.75, 3.05) is 5.32 Å². The van der Waals surface area contributed by atoms with Gasteiger partial charge in [0.15, 0.2) is 0 Å². The van der Waals surface area contributed by atoms with Crippen LogP contribution >= 0.6 is 0 Å². The van der Waals surface area contributed by atoms with Gasteiger partial charge in [0.2, 0.25) is 5.95 Å². The Morgan fingerprint density at radius 2 is 1.90 bits per heavy atom. The summed E-state index contributed by atoms with van der Waals surface area (Å²) in [5.41, 5.74) is 4.28. The van der Waals surface area contributed by atoms with Crippen LogP contribution in [-0.4, -0.2) is 25.2 Å². The first kappa shape index (κ1) is 16.8. The van der Waals surface area contributed by atoms with E-state index >= 15 is 0 Å². The quantitative estimate of drug-likeness (QED) is 0.554. The number of pyridine rings is 1. The third kappa shape index (κ3) is 2.50. The second-order valence-electron chi connectivity index (χ2n) is 7.14. The Morgan fingerprint density at radius 3 is 2.77 bits per heavy atom. The first-order valence-electron chi connectivity index (χ1n) is 9.50. The minimum atomic E-state index is -0.527. The zero-order chi connectivity index (χ0) is 20.1. The number of hydrogen-bond acceptors (Lipinski definition) is 6. The fourth-order valence-electron chi connectivity index (χ4n) is 4.14. The van der Waals surface area contributed by atoms with Crippen LogP contribution in [0.15, 0.2) is 78.6 Å². The second kappa shape index (κ2) is 6.48. The van der Waals surface area contributed by atoms with Gasteiger partial charge >= 0.3 is 0 Å². The van der Waals surface area contributed by atoms with Gasteiger partial charge in [-0.25, -0.2) is 4.39 Å². The molecule has 4 heterocycles. The third-order valence-corrected chi connectivity index (χ3v) is 5.39. The average Bonchev–Trinajstić information content (AvgIpc) is 3.26. The summed E-state index contributed by atoms with van der Waals surface area (Å²) in [6.45, 7) is 0. The monoisotopic (exact) mass is 398 g/mol. The molecule has 4 aromatic rings. The van der Waals surface area contributed by atoms with E-state index in [0.29, 0.717) is 17.3 Å². The second-order valence-corrected chi connectivity index (χ2v) is 7.14. The van der Waals surface area contributed by atoms with Crippen molar-refractivity contribution in [2.24, 2.45) is 0 Å². The molecule has 0 bridgehead atoms. The Morgan fingerprint density at radius 1 is 1.00 bits per heavy atom. The van der Waals surface area contributed by atoms with Gasteiger partial charge in [0, 0.05) is 23.5 Å². The first-order valence-corrected chi connectivity index (χ1v) is 9.50. The van der Waals surface area contributed by atoms with E-state index < -0.39 is 6.10 Å². The Hall–Kier alpha value is -4.07. The molecule has 0 radical (unpaired) electrons. The van der Waals surface area contributed by atoms with E-state index in [1.54, 1.807) is 23.1 Å². The van der Waals surface area contributed by atoms with Gasteiger partial charge in [0.05, 0.1) is 5.70 Å². The molecule has 2 aromatic carbocycles. The molecule has 0 aliphatic carbocycles. The lowest BCUT2D eigenvalue weighted by Gasteiger charge is -2.38. The molecule has 8 heteroatoms. The SMILES string of the molecule is Fc1cccc([C@H]2Oc3ccccc3C3=C2[C@H](c2cccnc2)n2nnnc2N3)c1. The van der Waals surface area contributed by atoms with Crippen molar-refractivity contribution >= 4 is 11.6 Å². The molecular weight excluding hydrogens is 383 g/mol. The molecule has 1 N–H and O–H groups in total. The predicted molar refractivity (Wildman–Crippen MR) is 107 cm³/mol. The standard InChI is InChI=1S/C22H15FN6O/c23-15-7-3-5-13(11-15)21-18-19(16-8-1-2-9-17(16)30-21)25-22-26-27-28-29(22)20(18)14-6-4-10-24-12-14/h1-12,20-21H,(H,25,26,28)/t20-,21+/m0/s1. The van der Waals surface area contributed by atoms with E-state index in [9.17, 15) is 4.39 Å². The number of nitrogens with one attached hydrogen (secondary N) is 1. The lowest BCUT2D eigenvalue weighted by molar-refractivity contribution is 0.222. The summed E-state index contributed by atoms with van der Waals surface area (Å²) in [5.74, 6) is 0.920. The van der Waals surface area contributed by atoms with Crippen molar-refractivity contribution in [3.63, 3.8) is 0 Å². The van der Waals surface area contributed by atoms with Crippen molar-refractivity contribution in [3.8, 4) is 5.75 Å². The number of ether oxygens (including phenoxy) is 1. The van der Waals surface area contributed by atoms with Crippen LogP contribution in [0.4, 0.5) is 10.3 Å². The number of fused-ring (bicyclic) bond motifs is 3. The molecule has 146 valence electrons. The van der Waals surface area contributed by atoms with Crippen LogP contribution in [0.1, 0.15) is 28.8 Å². The van der Waals surface area contributed by atoms with Gasteiger partial charge in [-0.1, -0.05) is 35.4 Å². The number of anilines is 1. The molecule has 0 saturated heterocycles. The zero-order valence-electron chi connectivity index (χ0n) is 15.6. The van der Waals surface area contributed by atoms with Gasteiger partial charge in [-0.15, -0.1) is 0 Å². The first-order chi connectivity index (χ1) is 14.8. The van der Waals surface area contributed by atoms with Crippen LogP contribution in [0.2, 0.25) is 0 Å². The molecule has 2 aliphatic heterocycles. The topological polar surface area (TPSA) is 77.8 Å². The van der Waals surface area contributed by atoms with Gasteiger partial charge in [0.25, 0.3) is 0 Å². The number of nitrogens with zero attached hydrogens (tertiary/aromatic N) is 5. The van der Waals surface area contributed by atoms with Crippen molar-refractivity contribution in [3.05, 3.63) is 101 Å². The zero-order valence-corrected chi connectivity index (χ0v) is 15.6. The van der Waals surface area contributed by atoms with E-state index in [0.717, 1.165) is 22.4 Å². The molecule has 30 heavy (non-hydrogen) atoms. The van der Waals surface area contributed by atoms with Gasteiger partial charge in [0.1, 0.15) is 23.7 Å². The highest BCUT2D eigenvalue weighted by molar-refractivity contribution is 5.85. The molecule has 2 aromatic heterocycles. The van der Waals surface area contributed by atoms with Crippen molar-refractivity contribution in [1.29, 1.82) is 0 Å². The molecule has 0 unspecified atom stereocenters. The van der Waals surface area contributed by atoms with E-state index in [1.807, 2.05) is 42.5 Å². The number of benzene rings is 2. The maximum Gasteiger partial charge on any atom is 0.248 e. The summed E-state index contributed by atoms with van der Waals surface area (Å²) in [5, 5.41) is 15.6. The van der Waals surface area contributed by atoms with Crippen LogP contribution in [-0.2, 0) is 0 Å². The molecular formula is C22H15FN6O. The van der Waals surface area contributed by atoms with Gasteiger partial charge in [-0.05, 0) is 51.9 Å². The number of para-hydroxylation sites is 1. The lowest BCUT2D eigenvalue weighted by atomic mass is 9.85. The highest BCUT2D eigenvalue weighted by Crippen LogP contribution is 2.50. The highest BCUT2D eigenvalue weighted by Gasteiger charge is 2.41.